The van der Waals surface area contributed by atoms with E-state index in [-0.39, 0.29) is 11.3 Å². The van der Waals surface area contributed by atoms with Crippen LogP contribution in [0.5, 0.6) is 0 Å². The second kappa shape index (κ2) is 3.81. The second-order valence-electron chi connectivity index (χ2n) is 6.85. The number of amides is 1. The molecule has 0 radical (unpaired) electrons. The minimum atomic E-state index is -0.139. The summed E-state index contributed by atoms with van der Waals surface area (Å²) in [5, 5.41) is 10.4. The third-order valence-electron chi connectivity index (χ3n) is 5.40. The van der Waals surface area contributed by atoms with Crippen molar-refractivity contribution < 1.29 is 9.42 Å². The van der Waals surface area contributed by atoms with E-state index in [9.17, 15) is 4.79 Å². The zero-order valence-electron chi connectivity index (χ0n) is 11.2. The fourth-order valence-corrected chi connectivity index (χ4v) is 4.97. The molecule has 4 aliphatic rings. The molecule has 1 heterocycles. The number of nitrogens with zero attached hydrogens (tertiary/aromatic N) is 2. The average Bonchev–Trinajstić information content (AvgIpc) is 2.73. The summed E-state index contributed by atoms with van der Waals surface area (Å²) < 4.78 is 4.65. The van der Waals surface area contributed by atoms with E-state index in [4.69, 9.17) is 0 Å². The quantitative estimate of drug-likeness (QED) is 0.888. The number of hydrogen-bond acceptors (Lipinski definition) is 4. The fourth-order valence-electron chi connectivity index (χ4n) is 4.97. The predicted octanol–water partition coefficient (Wildman–Crippen LogP) is 2.53. The molecule has 102 valence electrons. The first-order valence-electron chi connectivity index (χ1n) is 7.25. The Kier molecular flexibility index (Phi) is 2.29. The van der Waals surface area contributed by atoms with Crippen LogP contribution >= 0.6 is 0 Å². The summed E-state index contributed by atoms with van der Waals surface area (Å²) in [5.41, 5.74) is 0.512. The molecule has 4 fully saturated rings. The molecule has 19 heavy (non-hydrogen) atoms. The van der Waals surface area contributed by atoms with Gasteiger partial charge in [-0.15, -0.1) is 0 Å². The van der Waals surface area contributed by atoms with Gasteiger partial charge in [0, 0.05) is 0 Å². The number of aryl methyl sites for hydroxylation is 1. The number of nitrogens with one attached hydrogen (secondary N) is 1. The number of carbonyl (C=O) groups is 1. The number of hydrogen-bond donors (Lipinski definition) is 1. The first-order valence-corrected chi connectivity index (χ1v) is 7.25. The van der Waals surface area contributed by atoms with Crippen LogP contribution in [0, 0.1) is 30.1 Å². The smallest absolute Gasteiger partial charge is 0.231 e. The molecule has 0 saturated heterocycles. The Bertz CT molecular complexity index is 487. The predicted molar refractivity (Wildman–Crippen MR) is 68.3 cm³/mol. The van der Waals surface area contributed by atoms with Crippen LogP contribution in [0.15, 0.2) is 4.63 Å². The van der Waals surface area contributed by atoms with Crippen molar-refractivity contribution in [3.05, 3.63) is 5.69 Å². The van der Waals surface area contributed by atoms with E-state index in [1.54, 1.807) is 6.92 Å². The zero-order valence-corrected chi connectivity index (χ0v) is 11.2. The van der Waals surface area contributed by atoms with Gasteiger partial charge < -0.3 is 5.32 Å². The van der Waals surface area contributed by atoms with Crippen molar-refractivity contribution in [3.8, 4) is 0 Å². The van der Waals surface area contributed by atoms with Crippen molar-refractivity contribution in [1.82, 2.24) is 10.3 Å². The highest BCUT2D eigenvalue weighted by Crippen LogP contribution is 2.60. The first kappa shape index (κ1) is 11.4. The summed E-state index contributed by atoms with van der Waals surface area (Å²) in [4.78, 5) is 12.7. The minimum Gasteiger partial charge on any atom is -0.306 e. The van der Waals surface area contributed by atoms with E-state index in [0.29, 0.717) is 11.5 Å². The van der Waals surface area contributed by atoms with E-state index in [1.807, 2.05) is 0 Å². The highest BCUT2D eigenvalue weighted by molar-refractivity contribution is 5.95. The number of rotatable bonds is 2. The largest absolute Gasteiger partial charge is 0.306 e. The van der Waals surface area contributed by atoms with Gasteiger partial charge in [-0.2, -0.15) is 0 Å². The number of anilines is 1. The maximum absolute atomic E-state index is 12.7. The SMILES string of the molecule is Cc1nonc1NC(=O)C12CC3CC(CC(C3)C1)C2. The van der Waals surface area contributed by atoms with Crippen LogP contribution in [0.1, 0.15) is 44.2 Å². The highest BCUT2D eigenvalue weighted by atomic mass is 16.6. The molecule has 5 nitrogen and oxygen atoms in total. The van der Waals surface area contributed by atoms with Gasteiger partial charge in [-0.3, -0.25) is 4.79 Å². The van der Waals surface area contributed by atoms with Crippen molar-refractivity contribution in [2.24, 2.45) is 23.2 Å². The third kappa shape index (κ3) is 1.70. The van der Waals surface area contributed by atoms with E-state index in [2.05, 4.69) is 20.3 Å². The number of aromatic nitrogens is 2. The van der Waals surface area contributed by atoms with Crippen LogP contribution in [0.3, 0.4) is 0 Å². The van der Waals surface area contributed by atoms with Gasteiger partial charge in [-0.25, -0.2) is 4.63 Å². The maximum Gasteiger partial charge on any atom is 0.231 e. The average molecular weight is 261 g/mol. The first-order chi connectivity index (χ1) is 9.14. The highest BCUT2D eigenvalue weighted by Gasteiger charge is 2.54. The van der Waals surface area contributed by atoms with E-state index in [1.165, 1.54) is 19.3 Å². The van der Waals surface area contributed by atoms with E-state index in [0.717, 1.165) is 37.0 Å². The lowest BCUT2D eigenvalue weighted by Gasteiger charge is -2.55. The molecule has 0 aliphatic heterocycles. The van der Waals surface area contributed by atoms with E-state index >= 15 is 0 Å². The van der Waals surface area contributed by atoms with Crippen molar-refractivity contribution >= 4 is 11.7 Å². The molecule has 4 aliphatic carbocycles. The summed E-state index contributed by atoms with van der Waals surface area (Å²) >= 11 is 0. The Morgan fingerprint density at radius 3 is 2.21 bits per heavy atom. The summed E-state index contributed by atoms with van der Waals surface area (Å²) in [6.45, 7) is 1.80. The maximum atomic E-state index is 12.7. The van der Waals surface area contributed by atoms with Crippen LogP contribution < -0.4 is 5.32 Å². The Hall–Kier alpha value is -1.39. The molecular weight excluding hydrogens is 242 g/mol. The van der Waals surface area contributed by atoms with Gasteiger partial charge in [0.2, 0.25) is 5.91 Å². The molecule has 0 spiro atoms. The lowest BCUT2D eigenvalue weighted by Crippen LogP contribution is -2.51. The van der Waals surface area contributed by atoms with Crippen molar-refractivity contribution in [2.75, 3.05) is 5.32 Å². The van der Waals surface area contributed by atoms with Crippen LogP contribution in [-0.4, -0.2) is 16.2 Å². The summed E-state index contributed by atoms with van der Waals surface area (Å²) in [5.74, 6) is 2.95. The van der Waals surface area contributed by atoms with Gasteiger partial charge in [0.25, 0.3) is 0 Å². The van der Waals surface area contributed by atoms with Gasteiger partial charge in [0.1, 0.15) is 5.69 Å². The zero-order chi connectivity index (χ0) is 13.0. The summed E-state index contributed by atoms with van der Waals surface area (Å²) in [7, 11) is 0. The Labute approximate surface area is 112 Å². The molecule has 1 amide bonds. The molecule has 0 aromatic carbocycles. The Morgan fingerprint density at radius 1 is 1.16 bits per heavy atom. The fraction of sp³-hybridized carbons (Fsp3) is 0.786. The molecule has 1 N–H and O–H groups in total. The summed E-state index contributed by atoms with van der Waals surface area (Å²) in [6, 6.07) is 0. The lowest BCUT2D eigenvalue weighted by atomic mass is 9.49. The second-order valence-corrected chi connectivity index (χ2v) is 6.85. The van der Waals surface area contributed by atoms with Gasteiger partial charge >= 0.3 is 0 Å². The van der Waals surface area contributed by atoms with Crippen molar-refractivity contribution in [1.29, 1.82) is 0 Å². The minimum absolute atomic E-state index is 0.139. The summed E-state index contributed by atoms with van der Waals surface area (Å²) in [6.07, 6.45) is 7.23. The van der Waals surface area contributed by atoms with Gasteiger partial charge in [-0.1, -0.05) is 5.16 Å². The van der Waals surface area contributed by atoms with Crippen LogP contribution in [-0.2, 0) is 4.79 Å². The van der Waals surface area contributed by atoms with Crippen molar-refractivity contribution in [2.45, 2.75) is 45.4 Å². The molecule has 1 aromatic rings. The molecule has 5 rings (SSSR count). The van der Waals surface area contributed by atoms with Gasteiger partial charge in [-0.05, 0) is 68.4 Å². The molecule has 1 aromatic heterocycles. The monoisotopic (exact) mass is 261 g/mol. The number of carbonyl (C=O) groups excluding carboxylic acids is 1. The van der Waals surface area contributed by atoms with Crippen LogP contribution in [0.2, 0.25) is 0 Å². The molecule has 0 unspecified atom stereocenters. The standard InChI is InChI=1S/C14H19N3O2/c1-8-12(17-19-16-8)15-13(18)14-5-9-2-10(6-14)4-11(3-9)7-14/h9-11H,2-7H2,1H3,(H,15,17,18). The molecule has 4 saturated carbocycles. The van der Waals surface area contributed by atoms with Gasteiger partial charge in [0.05, 0.1) is 5.41 Å². The lowest BCUT2D eigenvalue weighted by molar-refractivity contribution is -0.140. The normalized spacial score (nSPS) is 39.5. The molecule has 0 atom stereocenters. The Balaban J connectivity index is 1.58. The van der Waals surface area contributed by atoms with Crippen molar-refractivity contribution in [3.63, 3.8) is 0 Å². The van der Waals surface area contributed by atoms with Gasteiger partial charge in [0.15, 0.2) is 5.82 Å². The third-order valence-corrected chi connectivity index (χ3v) is 5.40. The molecule has 5 heteroatoms. The van der Waals surface area contributed by atoms with Crippen LogP contribution in [0.25, 0.3) is 0 Å². The van der Waals surface area contributed by atoms with Crippen LogP contribution in [0.4, 0.5) is 5.82 Å². The molecular formula is C14H19N3O2. The van der Waals surface area contributed by atoms with E-state index < -0.39 is 0 Å². The topological polar surface area (TPSA) is 68.0 Å². The Morgan fingerprint density at radius 2 is 1.74 bits per heavy atom. The molecule has 4 bridgehead atoms.